The summed E-state index contributed by atoms with van der Waals surface area (Å²) < 4.78 is 22.1. The van der Waals surface area contributed by atoms with Crippen molar-refractivity contribution < 1.29 is 28.5 Å². The van der Waals surface area contributed by atoms with E-state index in [1.54, 1.807) is 55.6 Å². The van der Waals surface area contributed by atoms with Crippen LogP contribution in [0.4, 0.5) is 5.69 Å². The fourth-order valence-corrected chi connectivity index (χ4v) is 2.99. The van der Waals surface area contributed by atoms with Gasteiger partial charge in [0.25, 0.3) is 5.91 Å². The van der Waals surface area contributed by atoms with E-state index in [2.05, 4.69) is 5.32 Å². The van der Waals surface area contributed by atoms with Gasteiger partial charge in [0.2, 0.25) is 0 Å². The second-order valence-corrected chi connectivity index (χ2v) is 6.35. The zero-order valence-corrected chi connectivity index (χ0v) is 17.2. The molecule has 0 unspecified atom stereocenters. The molecule has 0 aliphatic carbocycles. The molecule has 158 valence electrons. The molecule has 2 aromatic carbocycles. The summed E-state index contributed by atoms with van der Waals surface area (Å²) in [7, 11) is 1.56. The predicted octanol–water partition coefficient (Wildman–Crippen LogP) is 4.50. The van der Waals surface area contributed by atoms with Gasteiger partial charge in [-0.2, -0.15) is 0 Å². The van der Waals surface area contributed by atoms with Gasteiger partial charge in [0.15, 0.2) is 0 Å². The Labute approximate surface area is 175 Å². The summed E-state index contributed by atoms with van der Waals surface area (Å²) >= 11 is 0. The number of aliphatic hydroxyl groups is 1. The predicted molar refractivity (Wildman–Crippen MR) is 113 cm³/mol. The number of carbonyl (C=O) groups excluding carboxylic acids is 1. The van der Waals surface area contributed by atoms with E-state index in [0.717, 1.165) is 0 Å². The van der Waals surface area contributed by atoms with Crippen LogP contribution in [0.5, 0.6) is 17.2 Å². The van der Waals surface area contributed by atoms with Crippen LogP contribution in [0, 0.1) is 0 Å². The molecule has 0 aliphatic rings. The fraction of sp³-hybridized carbons (Fsp3) is 0.261. The molecule has 3 aromatic rings. The molecule has 0 radical (unpaired) electrons. The Kier molecular flexibility index (Phi) is 6.98. The topological polar surface area (TPSA) is 90.2 Å². The molecule has 3 rings (SSSR count). The molecule has 0 spiro atoms. The van der Waals surface area contributed by atoms with Crippen LogP contribution in [0.3, 0.4) is 0 Å². The highest BCUT2D eigenvalue weighted by atomic mass is 16.5. The molecule has 0 fully saturated rings. The number of hydrogen-bond donors (Lipinski definition) is 2. The van der Waals surface area contributed by atoms with Crippen LogP contribution in [0.2, 0.25) is 0 Å². The van der Waals surface area contributed by atoms with Gasteiger partial charge in [0.05, 0.1) is 25.9 Å². The lowest BCUT2D eigenvalue weighted by Crippen LogP contribution is -2.12. The first-order chi connectivity index (χ1) is 14.6. The lowest BCUT2D eigenvalue weighted by Gasteiger charge is -2.13. The molecule has 1 heterocycles. The standard InChI is InChI=1S/C23H25NO6/c1-4-28-18-10-15(11-19(13-18)29-5-2)23(26)24-16-6-8-21(27-3)20(12-16)22-9-7-17(14-25)30-22/h6-13,25H,4-5,14H2,1-3H3,(H,24,26). The molecule has 0 saturated heterocycles. The SMILES string of the molecule is CCOc1cc(OCC)cc(C(=O)Nc2ccc(OC)c(-c3ccc(CO)o3)c2)c1. The number of furan rings is 1. The molecule has 0 aliphatic heterocycles. The second kappa shape index (κ2) is 9.84. The quantitative estimate of drug-likeness (QED) is 0.539. The normalized spacial score (nSPS) is 10.5. The second-order valence-electron chi connectivity index (χ2n) is 6.35. The number of rotatable bonds is 9. The van der Waals surface area contributed by atoms with Crippen molar-refractivity contribution in [1.29, 1.82) is 0 Å². The molecule has 1 aromatic heterocycles. The van der Waals surface area contributed by atoms with Crippen LogP contribution in [-0.4, -0.2) is 31.3 Å². The number of benzene rings is 2. The maximum Gasteiger partial charge on any atom is 0.255 e. The number of amides is 1. The van der Waals surface area contributed by atoms with Crippen molar-refractivity contribution in [2.75, 3.05) is 25.6 Å². The molecule has 0 saturated carbocycles. The number of methoxy groups -OCH3 is 1. The lowest BCUT2D eigenvalue weighted by atomic mass is 10.1. The van der Waals surface area contributed by atoms with Crippen molar-refractivity contribution >= 4 is 11.6 Å². The molecular formula is C23H25NO6. The van der Waals surface area contributed by atoms with Crippen molar-refractivity contribution in [2.45, 2.75) is 20.5 Å². The fourth-order valence-electron chi connectivity index (χ4n) is 2.99. The molecule has 0 bridgehead atoms. The van der Waals surface area contributed by atoms with Crippen molar-refractivity contribution in [3.05, 3.63) is 59.9 Å². The maximum atomic E-state index is 12.9. The summed E-state index contributed by atoms with van der Waals surface area (Å²) in [6, 6.07) is 13.8. The van der Waals surface area contributed by atoms with E-state index < -0.39 is 0 Å². The molecule has 7 heteroatoms. The number of nitrogens with one attached hydrogen (secondary N) is 1. The van der Waals surface area contributed by atoms with Crippen LogP contribution in [0.25, 0.3) is 11.3 Å². The molecule has 2 N–H and O–H groups in total. The van der Waals surface area contributed by atoms with Gasteiger partial charge in [-0.25, -0.2) is 0 Å². The largest absolute Gasteiger partial charge is 0.496 e. The Morgan fingerprint density at radius 1 is 1.00 bits per heavy atom. The summed E-state index contributed by atoms with van der Waals surface area (Å²) in [5.74, 6) is 2.39. The summed E-state index contributed by atoms with van der Waals surface area (Å²) in [4.78, 5) is 12.9. The van der Waals surface area contributed by atoms with E-state index in [0.29, 0.717) is 58.8 Å². The molecule has 0 atom stereocenters. The Hall–Kier alpha value is -3.45. The van der Waals surface area contributed by atoms with Crippen LogP contribution in [0.1, 0.15) is 30.0 Å². The van der Waals surface area contributed by atoms with Gasteiger partial charge in [0, 0.05) is 17.3 Å². The molecule has 7 nitrogen and oxygen atoms in total. The van der Waals surface area contributed by atoms with Crippen molar-refractivity contribution in [2.24, 2.45) is 0 Å². The zero-order chi connectivity index (χ0) is 21.5. The average molecular weight is 411 g/mol. The molecule has 1 amide bonds. The summed E-state index contributed by atoms with van der Waals surface area (Å²) in [5, 5.41) is 12.1. The first-order valence-electron chi connectivity index (χ1n) is 9.68. The van der Waals surface area contributed by atoms with E-state index in [1.807, 2.05) is 13.8 Å². The molecular weight excluding hydrogens is 386 g/mol. The van der Waals surface area contributed by atoms with Crippen molar-refractivity contribution in [3.8, 4) is 28.6 Å². The van der Waals surface area contributed by atoms with E-state index in [1.165, 1.54) is 0 Å². The van der Waals surface area contributed by atoms with Gasteiger partial charge < -0.3 is 29.1 Å². The van der Waals surface area contributed by atoms with Crippen LogP contribution >= 0.6 is 0 Å². The summed E-state index contributed by atoms with van der Waals surface area (Å²) in [5.41, 5.74) is 1.65. The smallest absolute Gasteiger partial charge is 0.255 e. The van der Waals surface area contributed by atoms with Crippen LogP contribution < -0.4 is 19.5 Å². The highest BCUT2D eigenvalue weighted by Crippen LogP contribution is 2.34. The van der Waals surface area contributed by atoms with Crippen LogP contribution in [-0.2, 0) is 6.61 Å². The molecule has 30 heavy (non-hydrogen) atoms. The number of aliphatic hydroxyl groups excluding tert-OH is 1. The first-order valence-corrected chi connectivity index (χ1v) is 9.68. The monoisotopic (exact) mass is 411 g/mol. The highest BCUT2D eigenvalue weighted by Gasteiger charge is 2.15. The zero-order valence-electron chi connectivity index (χ0n) is 17.2. The van der Waals surface area contributed by atoms with Gasteiger partial charge in [-0.15, -0.1) is 0 Å². The van der Waals surface area contributed by atoms with Gasteiger partial charge in [-0.1, -0.05) is 0 Å². The Bertz CT molecular complexity index is 986. The lowest BCUT2D eigenvalue weighted by molar-refractivity contribution is 0.102. The van der Waals surface area contributed by atoms with Gasteiger partial charge in [-0.05, 0) is 56.3 Å². The van der Waals surface area contributed by atoms with E-state index in [4.69, 9.17) is 18.6 Å². The number of anilines is 1. The summed E-state index contributed by atoms with van der Waals surface area (Å²) in [6.07, 6.45) is 0. The first kappa shape index (κ1) is 21.3. The minimum atomic E-state index is -0.302. The Balaban J connectivity index is 1.88. The van der Waals surface area contributed by atoms with Crippen molar-refractivity contribution in [3.63, 3.8) is 0 Å². The van der Waals surface area contributed by atoms with E-state index in [9.17, 15) is 9.90 Å². The Morgan fingerprint density at radius 3 is 2.27 bits per heavy atom. The van der Waals surface area contributed by atoms with Crippen molar-refractivity contribution in [1.82, 2.24) is 0 Å². The van der Waals surface area contributed by atoms with E-state index in [-0.39, 0.29) is 12.5 Å². The average Bonchev–Trinajstić information content (AvgIpc) is 3.23. The number of ether oxygens (including phenoxy) is 3. The third-order valence-corrected chi connectivity index (χ3v) is 4.30. The van der Waals surface area contributed by atoms with Crippen LogP contribution in [0.15, 0.2) is 52.9 Å². The third-order valence-electron chi connectivity index (χ3n) is 4.30. The number of hydrogen-bond acceptors (Lipinski definition) is 6. The highest BCUT2D eigenvalue weighted by molar-refractivity contribution is 6.05. The van der Waals surface area contributed by atoms with Gasteiger partial charge in [0.1, 0.15) is 35.4 Å². The van der Waals surface area contributed by atoms with E-state index >= 15 is 0 Å². The van der Waals surface area contributed by atoms with Gasteiger partial charge in [-0.3, -0.25) is 4.79 Å². The summed E-state index contributed by atoms with van der Waals surface area (Å²) in [6.45, 7) is 4.53. The maximum absolute atomic E-state index is 12.9. The van der Waals surface area contributed by atoms with Gasteiger partial charge >= 0.3 is 0 Å². The minimum absolute atomic E-state index is 0.197. The number of carbonyl (C=O) groups is 1. The third kappa shape index (κ3) is 4.93. The Morgan fingerprint density at radius 2 is 1.70 bits per heavy atom. The minimum Gasteiger partial charge on any atom is -0.496 e.